The van der Waals surface area contributed by atoms with E-state index in [1.807, 2.05) is 6.07 Å². The van der Waals surface area contributed by atoms with Crippen LogP contribution in [0.1, 0.15) is 31.2 Å². The molecule has 20 heavy (non-hydrogen) atoms. The van der Waals surface area contributed by atoms with Crippen molar-refractivity contribution in [2.75, 3.05) is 6.61 Å². The second-order valence-electron chi connectivity index (χ2n) is 5.37. The van der Waals surface area contributed by atoms with Gasteiger partial charge >= 0.3 is 6.09 Å². The highest BCUT2D eigenvalue weighted by Gasteiger charge is 2.23. The fourth-order valence-corrected chi connectivity index (χ4v) is 2.36. The fourth-order valence-electron chi connectivity index (χ4n) is 2.36. The fraction of sp³-hybridized carbons (Fsp3) is 0.438. The third-order valence-electron chi connectivity index (χ3n) is 3.65. The highest BCUT2D eigenvalue weighted by atomic mass is 16.5. The third-order valence-corrected chi connectivity index (χ3v) is 3.65. The van der Waals surface area contributed by atoms with Crippen LogP contribution >= 0.6 is 0 Å². The van der Waals surface area contributed by atoms with Crippen LogP contribution in [0.4, 0.5) is 4.79 Å². The molecule has 1 heterocycles. The number of unbranched alkanes of at least 4 members (excludes halogenated alkanes) is 1. The average molecular weight is 272 g/mol. The lowest BCUT2D eigenvalue weighted by Gasteiger charge is -2.05. The Morgan fingerprint density at radius 1 is 1.30 bits per heavy atom. The molecule has 1 aliphatic rings. The maximum Gasteiger partial charge on any atom is 0.407 e. The number of aromatic amines is 1. The van der Waals surface area contributed by atoms with E-state index in [9.17, 15) is 4.79 Å². The topological polar surface area (TPSA) is 54.1 Å². The van der Waals surface area contributed by atoms with E-state index in [0.29, 0.717) is 12.6 Å². The van der Waals surface area contributed by atoms with Crippen molar-refractivity contribution in [3.8, 4) is 0 Å². The molecule has 0 unspecified atom stereocenters. The summed E-state index contributed by atoms with van der Waals surface area (Å²) in [5.41, 5.74) is 2.52. The molecule has 4 nitrogen and oxygen atoms in total. The number of amides is 1. The summed E-state index contributed by atoms with van der Waals surface area (Å²) in [5, 5.41) is 4.11. The number of carbonyl (C=O) groups is 1. The minimum Gasteiger partial charge on any atom is -0.450 e. The molecule has 1 saturated carbocycles. The number of aromatic nitrogens is 1. The van der Waals surface area contributed by atoms with Gasteiger partial charge in [0.25, 0.3) is 0 Å². The molecule has 0 aliphatic heterocycles. The number of hydrogen-bond acceptors (Lipinski definition) is 2. The Balaban J connectivity index is 1.38. The minimum absolute atomic E-state index is 0.264. The van der Waals surface area contributed by atoms with Gasteiger partial charge in [0.2, 0.25) is 0 Å². The monoisotopic (exact) mass is 272 g/mol. The van der Waals surface area contributed by atoms with Crippen molar-refractivity contribution >= 4 is 17.0 Å². The summed E-state index contributed by atoms with van der Waals surface area (Å²) in [6.07, 6.45) is 6.93. The van der Waals surface area contributed by atoms with Crippen molar-refractivity contribution < 1.29 is 9.53 Å². The predicted octanol–water partition coefficient (Wildman–Crippen LogP) is 3.38. The van der Waals surface area contributed by atoms with Gasteiger partial charge in [-0.05, 0) is 43.7 Å². The van der Waals surface area contributed by atoms with E-state index in [2.05, 4.69) is 34.7 Å². The number of fused-ring (bicyclic) bond motifs is 1. The Morgan fingerprint density at radius 2 is 2.15 bits per heavy atom. The van der Waals surface area contributed by atoms with Gasteiger partial charge in [-0.25, -0.2) is 4.79 Å². The largest absolute Gasteiger partial charge is 0.450 e. The van der Waals surface area contributed by atoms with Gasteiger partial charge in [0.15, 0.2) is 0 Å². The van der Waals surface area contributed by atoms with Crippen LogP contribution < -0.4 is 5.32 Å². The SMILES string of the molecule is O=C(NC1CC1)OCCCCc1c[nH]c2ccccc12. The molecule has 2 aromatic rings. The maximum atomic E-state index is 11.3. The summed E-state index contributed by atoms with van der Waals surface area (Å²) in [5.74, 6) is 0. The molecule has 106 valence electrons. The second kappa shape index (κ2) is 5.99. The van der Waals surface area contributed by atoms with Crippen molar-refractivity contribution in [3.63, 3.8) is 0 Å². The lowest BCUT2D eigenvalue weighted by Crippen LogP contribution is -2.26. The van der Waals surface area contributed by atoms with Gasteiger partial charge in [-0.3, -0.25) is 0 Å². The first-order valence-corrected chi connectivity index (χ1v) is 7.31. The van der Waals surface area contributed by atoms with Crippen LogP contribution in [0.15, 0.2) is 30.5 Å². The molecule has 1 amide bonds. The summed E-state index contributed by atoms with van der Waals surface area (Å²) in [7, 11) is 0. The average Bonchev–Trinajstić information content (AvgIpc) is 3.17. The number of rotatable bonds is 6. The molecule has 0 radical (unpaired) electrons. The standard InChI is InChI=1S/C16H20N2O2/c19-16(18-13-8-9-13)20-10-4-3-5-12-11-17-15-7-2-1-6-14(12)15/h1-2,6-7,11,13,17H,3-5,8-10H2,(H,18,19). The van der Waals surface area contributed by atoms with Crippen LogP contribution in [0.5, 0.6) is 0 Å². The van der Waals surface area contributed by atoms with Crippen molar-refractivity contribution in [2.45, 2.75) is 38.1 Å². The van der Waals surface area contributed by atoms with Crippen LogP contribution in [0, 0.1) is 0 Å². The van der Waals surface area contributed by atoms with Crippen LogP contribution in [0.25, 0.3) is 10.9 Å². The molecule has 1 aliphatic carbocycles. The Morgan fingerprint density at radius 3 is 3.00 bits per heavy atom. The lowest BCUT2D eigenvalue weighted by atomic mass is 10.1. The number of ether oxygens (including phenoxy) is 1. The van der Waals surface area contributed by atoms with E-state index in [0.717, 1.165) is 32.1 Å². The first kappa shape index (κ1) is 13.0. The molecule has 1 fully saturated rings. The summed E-state index contributed by atoms with van der Waals surface area (Å²) >= 11 is 0. The lowest BCUT2D eigenvalue weighted by molar-refractivity contribution is 0.143. The summed E-state index contributed by atoms with van der Waals surface area (Å²) < 4.78 is 5.14. The van der Waals surface area contributed by atoms with E-state index in [4.69, 9.17) is 4.74 Å². The molecule has 4 heteroatoms. The Bertz CT molecular complexity index is 587. The zero-order chi connectivity index (χ0) is 13.8. The number of alkyl carbamates (subject to hydrolysis) is 1. The minimum atomic E-state index is -0.264. The predicted molar refractivity (Wildman–Crippen MR) is 78.7 cm³/mol. The molecule has 0 saturated heterocycles. The summed E-state index contributed by atoms with van der Waals surface area (Å²) in [6, 6.07) is 8.69. The first-order chi connectivity index (χ1) is 9.83. The maximum absolute atomic E-state index is 11.3. The molecule has 0 spiro atoms. The van der Waals surface area contributed by atoms with Gasteiger partial charge in [-0.2, -0.15) is 0 Å². The molecular weight excluding hydrogens is 252 g/mol. The highest BCUT2D eigenvalue weighted by Crippen LogP contribution is 2.20. The smallest absolute Gasteiger partial charge is 0.407 e. The third kappa shape index (κ3) is 3.32. The van der Waals surface area contributed by atoms with Gasteiger partial charge in [-0.15, -0.1) is 0 Å². The molecular formula is C16H20N2O2. The zero-order valence-corrected chi connectivity index (χ0v) is 11.5. The zero-order valence-electron chi connectivity index (χ0n) is 11.5. The second-order valence-corrected chi connectivity index (χ2v) is 5.37. The molecule has 0 atom stereocenters. The van der Waals surface area contributed by atoms with Crippen molar-refractivity contribution in [1.82, 2.24) is 10.3 Å². The number of para-hydroxylation sites is 1. The number of aryl methyl sites for hydroxylation is 1. The van der Waals surface area contributed by atoms with Gasteiger partial charge in [0.1, 0.15) is 0 Å². The van der Waals surface area contributed by atoms with Crippen LogP contribution in [0.2, 0.25) is 0 Å². The quantitative estimate of drug-likeness (QED) is 0.792. The molecule has 3 rings (SSSR count). The van der Waals surface area contributed by atoms with E-state index < -0.39 is 0 Å². The number of hydrogen-bond donors (Lipinski definition) is 2. The molecule has 0 bridgehead atoms. The van der Waals surface area contributed by atoms with Crippen molar-refractivity contribution in [3.05, 3.63) is 36.0 Å². The van der Waals surface area contributed by atoms with E-state index in [1.165, 1.54) is 16.5 Å². The van der Waals surface area contributed by atoms with Crippen molar-refractivity contribution in [1.29, 1.82) is 0 Å². The van der Waals surface area contributed by atoms with Crippen molar-refractivity contribution in [2.24, 2.45) is 0 Å². The van der Waals surface area contributed by atoms with E-state index >= 15 is 0 Å². The van der Waals surface area contributed by atoms with Gasteiger partial charge in [0.05, 0.1) is 6.61 Å². The number of carbonyl (C=O) groups excluding carboxylic acids is 1. The normalized spacial score (nSPS) is 14.4. The van der Waals surface area contributed by atoms with Gasteiger partial charge < -0.3 is 15.0 Å². The van der Waals surface area contributed by atoms with E-state index in [1.54, 1.807) is 0 Å². The number of nitrogens with one attached hydrogen (secondary N) is 2. The Labute approximate surface area is 118 Å². The van der Waals surface area contributed by atoms with Gasteiger partial charge in [0, 0.05) is 23.1 Å². The first-order valence-electron chi connectivity index (χ1n) is 7.31. The van der Waals surface area contributed by atoms with Gasteiger partial charge in [-0.1, -0.05) is 18.2 Å². The highest BCUT2D eigenvalue weighted by molar-refractivity contribution is 5.82. The number of H-pyrrole nitrogens is 1. The summed E-state index contributed by atoms with van der Waals surface area (Å²) in [6.45, 7) is 0.501. The summed E-state index contributed by atoms with van der Waals surface area (Å²) in [4.78, 5) is 14.6. The molecule has 2 N–H and O–H groups in total. The number of benzene rings is 1. The van der Waals surface area contributed by atoms with Crippen LogP contribution in [-0.4, -0.2) is 23.7 Å². The Hall–Kier alpha value is -1.97. The van der Waals surface area contributed by atoms with Crippen LogP contribution in [-0.2, 0) is 11.2 Å². The van der Waals surface area contributed by atoms with E-state index in [-0.39, 0.29) is 6.09 Å². The Kier molecular flexibility index (Phi) is 3.90. The van der Waals surface area contributed by atoms with Crippen LogP contribution in [0.3, 0.4) is 0 Å². The molecule has 1 aromatic heterocycles. The molecule has 1 aromatic carbocycles.